The molecule has 122 valence electrons. The van der Waals surface area contributed by atoms with E-state index < -0.39 is 0 Å². The first-order valence-electron chi connectivity index (χ1n) is 7.86. The molecule has 1 unspecified atom stereocenters. The summed E-state index contributed by atoms with van der Waals surface area (Å²) in [7, 11) is 0. The fourth-order valence-corrected chi connectivity index (χ4v) is 3.12. The lowest BCUT2D eigenvalue weighted by Gasteiger charge is -2.10. The predicted molar refractivity (Wildman–Crippen MR) is 101 cm³/mol. The fourth-order valence-electron chi connectivity index (χ4n) is 2.15. The monoisotopic (exact) mass is 347 g/mol. The molecule has 2 rings (SSSR count). The molecule has 23 heavy (non-hydrogen) atoms. The van der Waals surface area contributed by atoms with Crippen LogP contribution in [0.2, 0.25) is 5.02 Å². The van der Waals surface area contributed by atoms with Crippen LogP contribution < -0.4 is 5.32 Å². The van der Waals surface area contributed by atoms with Gasteiger partial charge in [0.25, 0.3) is 0 Å². The Morgan fingerprint density at radius 3 is 2.39 bits per heavy atom. The average molecular weight is 348 g/mol. The Hall–Kier alpha value is -1.45. The molecule has 0 bridgehead atoms. The minimum absolute atomic E-state index is 0.0442. The Bertz CT molecular complexity index is 625. The summed E-state index contributed by atoms with van der Waals surface area (Å²) in [6.07, 6.45) is 1.61. The summed E-state index contributed by atoms with van der Waals surface area (Å²) in [6, 6.07) is 15.8. The number of carbonyl (C=O) groups is 1. The highest BCUT2D eigenvalue weighted by molar-refractivity contribution is 7.99. The van der Waals surface area contributed by atoms with Gasteiger partial charge in [-0.25, -0.2) is 0 Å². The number of anilines is 1. The zero-order chi connectivity index (χ0) is 16.7. The van der Waals surface area contributed by atoms with E-state index in [0.29, 0.717) is 12.3 Å². The van der Waals surface area contributed by atoms with E-state index in [4.69, 9.17) is 11.6 Å². The van der Waals surface area contributed by atoms with Crippen molar-refractivity contribution in [3.05, 3.63) is 59.1 Å². The highest BCUT2D eigenvalue weighted by atomic mass is 35.5. The summed E-state index contributed by atoms with van der Waals surface area (Å²) in [6.45, 7) is 4.39. The fraction of sp³-hybridized carbons (Fsp3) is 0.316. The van der Waals surface area contributed by atoms with Crippen LogP contribution in [-0.2, 0) is 4.79 Å². The third kappa shape index (κ3) is 5.92. The highest BCUT2D eigenvalue weighted by Crippen LogP contribution is 2.22. The van der Waals surface area contributed by atoms with Gasteiger partial charge >= 0.3 is 0 Å². The molecule has 4 heteroatoms. The molecule has 1 atom stereocenters. The maximum atomic E-state index is 12.0. The number of hydrogen-bond donors (Lipinski definition) is 1. The number of rotatable bonds is 7. The SMILES string of the molecule is CCC(C)c1ccc(NC(=O)CCSc2ccc(Cl)cc2)cc1. The van der Waals surface area contributed by atoms with Gasteiger partial charge < -0.3 is 5.32 Å². The molecule has 0 heterocycles. The maximum Gasteiger partial charge on any atom is 0.225 e. The summed E-state index contributed by atoms with van der Waals surface area (Å²) in [4.78, 5) is 13.1. The van der Waals surface area contributed by atoms with Gasteiger partial charge in [0.2, 0.25) is 5.91 Å². The van der Waals surface area contributed by atoms with Gasteiger partial charge in [0.1, 0.15) is 0 Å². The van der Waals surface area contributed by atoms with Gasteiger partial charge in [-0.2, -0.15) is 0 Å². The van der Waals surface area contributed by atoms with Crippen LogP contribution in [0.1, 0.15) is 38.2 Å². The smallest absolute Gasteiger partial charge is 0.225 e. The molecule has 1 N–H and O–H groups in total. The Labute approximate surface area is 147 Å². The predicted octanol–water partition coefficient (Wildman–Crippen LogP) is 5.97. The van der Waals surface area contributed by atoms with E-state index in [9.17, 15) is 4.79 Å². The largest absolute Gasteiger partial charge is 0.326 e. The lowest BCUT2D eigenvalue weighted by Crippen LogP contribution is -2.12. The van der Waals surface area contributed by atoms with Gasteiger partial charge in [0, 0.05) is 27.8 Å². The summed E-state index contributed by atoms with van der Waals surface area (Å²) < 4.78 is 0. The Balaban J connectivity index is 1.77. The van der Waals surface area contributed by atoms with Crippen LogP contribution in [0.15, 0.2) is 53.4 Å². The van der Waals surface area contributed by atoms with Gasteiger partial charge in [-0.05, 0) is 54.3 Å². The first-order valence-corrected chi connectivity index (χ1v) is 9.23. The van der Waals surface area contributed by atoms with E-state index in [2.05, 4.69) is 31.3 Å². The third-order valence-electron chi connectivity index (χ3n) is 3.79. The number of carbonyl (C=O) groups excluding carboxylic acids is 1. The van der Waals surface area contributed by atoms with E-state index in [1.165, 1.54) is 5.56 Å². The van der Waals surface area contributed by atoms with Crippen LogP contribution in [0, 0.1) is 0 Å². The minimum atomic E-state index is 0.0442. The van der Waals surface area contributed by atoms with Crippen molar-refractivity contribution in [2.45, 2.75) is 37.5 Å². The molecule has 0 radical (unpaired) electrons. The van der Waals surface area contributed by atoms with E-state index in [1.807, 2.05) is 36.4 Å². The quantitative estimate of drug-likeness (QED) is 0.625. The van der Waals surface area contributed by atoms with Crippen LogP contribution in [0.25, 0.3) is 0 Å². The lowest BCUT2D eigenvalue weighted by atomic mass is 9.99. The van der Waals surface area contributed by atoms with Crippen molar-refractivity contribution in [1.29, 1.82) is 0 Å². The number of halogens is 1. The summed E-state index contributed by atoms with van der Waals surface area (Å²) in [5, 5.41) is 3.68. The number of hydrogen-bond acceptors (Lipinski definition) is 2. The topological polar surface area (TPSA) is 29.1 Å². The molecule has 0 spiro atoms. The zero-order valence-electron chi connectivity index (χ0n) is 13.5. The van der Waals surface area contributed by atoms with Crippen molar-refractivity contribution < 1.29 is 4.79 Å². The Kier molecular flexibility index (Phi) is 7.00. The Morgan fingerprint density at radius 1 is 1.13 bits per heavy atom. The number of benzene rings is 2. The molecule has 2 aromatic rings. The molecule has 0 saturated heterocycles. The van der Waals surface area contributed by atoms with Crippen molar-refractivity contribution >= 4 is 35.0 Å². The van der Waals surface area contributed by atoms with Crippen molar-refractivity contribution in [1.82, 2.24) is 0 Å². The normalized spacial score (nSPS) is 12.0. The second-order valence-corrected chi connectivity index (χ2v) is 7.14. The molecule has 0 aromatic heterocycles. The second-order valence-electron chi connectivity index (χ2n) is 5.53. The van der Waals surface area contributed by atoms with Crippen molar-refractivity contribution in [2.24, 2.45) is 0 Å². The molecular weight excluding hydrogens is 326 g/mol. The maximum absolute atomic E-state index is 12.0. The van der Waals surface area contributed by atoms with Crippen molar-refractivity contribution in [3.63, 3.8) is 0 Å². The van der Waals surface area contributed by atoms with Crippen LogP contribution in [0.3, 0.4) is 0 Å². The molecule has 0 aliphatic rings. The lowest BCUT2D eigenvalue weighted by molar-refractivity contribution is -0.115. The van der Waals surface area contributed by atoms with Crippen LogP contribution in [-0.4, -0.2) is 11.7 Å². The summed E-state index contributed by atoms with van der Waals surface area (Å²) >= 11 is 7.51. The van der Waals surface area contributed by atoms with Crippen LogP contribution in [0.4, 0.5) is 5.69 Å². The summed E-state index contributed by atoms with van der Waals surface area (Å²) in [5.41, 5.74) is 2.17. The molecule has 1 amide bonds. The molecule has 2 aromatic carbocycles. The third-order valence-corrected chi connectivity index (χ3v) is 5.05. The van der Waals surface area contributed by atoms with E-state index in [0.717, 1.165) is 27.8 Å². The minimum Gasteiger partial charge on any atom is -0.326 e. The number of nitrogens with one attached hydrogen (secondary N) is 1. The van der Waals surface area contributed by atoms with E-state index in [1.54, 1.807) is 11.8 Å². The standard InChI is InChI=1S/C19H22ClNOS/c1-3-14(2)15-4-8-17(9-5-15)21-19(22)12-13-23-18-10-6-16(20)7-11-18/h4-11,14H,3,12-13H2,1-2H3,(H,21,22). The zero-order valence-corrected chi connectivity index (χ0v) is 15.1. The first kappa shape index (κ1) is 17.9. The van der Waals surface area contributed by atoms with Crippen LogP contribution >= 0.6 is 23.4 Å². The molecule has 2 nitrogen and oxygen atoms in total. The van der Waals surface area contributed by atoms with Crippen molar-refractivity contribution in [3.8, 4) is 0 Å². The molecule has 0 saturated carbocycles. The number of amides is 1. The summed E-state index contributed by atoms with van der Waals surface area (Å²) in [5.74, 6) is 1.34. The van der Waals surface area contributed by atoms with E-state index >= 15 is 0 Å². The first-order chi connectivity index (χ1) is 11.1. The second kappa shape index (κ2) is 8.99. The molecule has 0 fully saturated rings. The van der Waals surface area contributed by atoms with E-state index in [-0.39, 0.29) is 5.91 Å². The molecule has 0 aliphatic heterocycles. The highest BCUT2D eigenvalue weighted by Gasteiger charge is 2.05. The molecule has 0 aliphatic carbocycles. The van der Waals surface area contributed by atoms with Gasteiger partial charge in [0.15, 0.2) is 0 Å². The number of thioether (sulfide) groups is 1. The Morgan fingerprint density at radius 2 is 1.78 bits per heavy atom. The van der Waals surface area contributed by atoms with Crippen LogP contribution in [0.5, 0.6) is 0 Å². The molecular formula is C19H22ClNOS. The van der Waals surface area contributed by atoms with Gasteiger partial charge in [-0.15, -0.1) is 11.8 Å². The van der Waals surface area contributed by atoms with Crippen molar-refractivity contribution in [2.75, 3.05) is 11.1 Å². The van der Waals surface area contributed by atoms with Gasteiger partial charge in [0.05, 0.1) is 0 Å². The van der Waals surface area contributed by atoms with Gasteiger partial charge in [-0.1, -0.05) is 37.6 Å². The van der Waals surface area contributed by atoms with Gasteiger partial charge in [-0.3, -0.25) is 4.79 Å². The average Bonchev–Trinajstić information content (AvgIpc) is 2.56.